The summed E-state index contributed by atoms with van der Waals surface area (Å²) in [5.41, 5.74) is 1.77. The van der Waals surface area contributed by atoms with Crippen molar-refractivity contribution >= 4 is 32.9 Å². The molecule has 0 aliphatic carbocycles. The Morgan fingerprint density at radius 2 is 1.85 bits per heavy atom. The summed E-state index contributed by atoms with van der Waals surface area (Å²) < 4.78 is 11.7. The van der Waals surface area contributed by atoms with Crippen molar-refractivity contribution in [2.45, 2.75) is 6.92 Å². The summed E-state index contributed by atoms with van der Waals surface area (Å²) in [5.74, 6) is 0.196. The number of esters is 1. The van der Waals surface area contributed by atoms with Crippen LogP contribution in [-0.2, 0) is 0 Å². The third-order valence-electron chi connectivity index (χ3n) is 2.91. The minimum absolute atomic E-state index is 0.193. The molecular formula is C16H11BrO3. The molecular weight excluding hydrogens is 320 g/mol. The Morgan fingerprint density at radius 1 is 1.10 bits per heavy atom. The van der Waals surface area contributed by atoms with E-state index in [2.05, 4.69) is 15.9 Å². The van der Waals surface area contributed by atoms with Crippen molar-refractivity contribution in [2.24, 2.45) is 0 Å². The Bertz CT molecular complexity index is 772. The molecule has 0 radical (unpaired) electrons. The Hall–Kier alpha value is -2.07. The van der Waals surface area contributed by atoms with Gasteiger partial charge >= 0.3 is 5.97 Å². The quantitative estimate of drug-likeness (QED) is 0.504. The fourth-order valence-electron chi connectivity index (χ4n) is 1.88. The number of fused-ring (bicyclic) bond motifs is 1. The van der Waals surface area contributed by atoms with Gasteiger partial charge in [0.05, 0.1) is 0 Å². The maximum Gasteiger partial charge on any atom is 0.379 e. The first-order chi connectivity index (χ1) is 9.61. The molecule has 0 fully saturated rings. The van der Waals surface area contributed by atoms with Crippen LogP contribution in [0.15, 0.2) is 57.4 Å². The second-order valence-corrected chi connectivity index (χ2v) is 5.41. The lowest BCUT2D eigenvalue weighted by Crippen LogP contribution is -2.06. The van der Waals surface area contributed by atoms with Crippen LogP contribution in [0.4, 0.5) is 0 Å². The van der Waals surface area contributed by atoms with E-state index in [0.717, 1.165) is 15.4 Å². The van der Waals surface area contributed by atoms with Crippen LogP contribution < -0.4 is 4.74 Å². The topological polar surface area (TPSA) is 39.4 Å². The molecule has 2 aromatic carbocycles. The summed E-state index contributed by atoms with van der Waals surface area (Å²) >= 11 is 3.38. The van der Waals surface area contributed by atoms with Crippen LogP contribution >= 0.6 is 15.9 Å². The number of halogens is 1. The Labute approximate surface area is 124 Å². The largest absolute Gasteiger partial charge is 0.449 e. The number of ether oxygens (including phenoxy) is 1. The molecule has 1 aromatic heterocycles. The lowest BCUT2D eigenvalue weighted by Gasteiger charge is -2.01. The monoisotopic (exact) mass is 330 g/mol. The number of furan rings is 1. The molecule has 0 aliphatic heterocycles. The number of rotatable bonds is 2. The molecule has 3 nitrogen and oxygen atoms in total. The van der Waals surface area contributed by atoms with Crippen LogP contribution in [0.25, 0.3) is 11.0 Å². The third-order valence-corrected chi connectivity index (χ3v) is 3.40. The Balaban J connectivity index is 1.86. The molecule has 0 aliphatic rings. The van der Waals surface area contributed by atoms with Gasteiger partial charge in [-0.2, -0.15) is 0 Å². The van der Waals surface area contributed by atoms with Gasteiger partial charge in [0.2, 0.25) is 5.76 Å². The fraction of sp³-hybridized carbons (Fsp3) is 0.0625. The zero-order valence-corrected chi connectivity index (χ0v) is 12.3. The number of hydrogen-bond acceptors (Lipinski definition) is 3. The molecule has 0 spiro atoms. The van der Waals surface area contributed by atoms with Crippen molar-refractivity contribution in [3.05, 3.63) is 64.3 Å². The van der Waals surface area contributed by atoms with E-state index in [4.69, 9.17) is 9.15 Å². The van der Waals surface area contributed by atoms with Gasteiger partial charge in [0.15, 0.2) is 0 Å². The number of aryl methyl sites for hydroxylation is 1. The summed E-state index contributed by atoms with van der Waals surface area (Å²) in [6, 6.07) is 14.5. The van der Waals surface area contributed by atoms with E-state index in [1.807, 2.05) is 37.3 Å². The number of hydrogen-bond donors (Lipinski definition) is 0. The van der Waals surface area contributed by atoms with Crippen molar-refractivity contribution < 1.29 is 13.9 Å². The maximum absolute atomic E-state index is 12.0. The summed E-state index contributed by atoms with van der Waals surface area (Å²) in [5, 5.41) is 0.857. The highest BCUT2D eigenvalue weighted by Crippen LogP contribution is 2.24. The van der Waals surface area contributed by atoms with E-state index < -0.39 is 5.97 Å². The molecule has 0 saturated heterocycles. The number of carbonyl (C=O) groups is 1. The third kappa shape index (κ3) is 2.60. The molecule has 20 heavy (non-hydrogen) atoms. The van der Waals surface area contributed by atoms with Crippen molar-refractivity contribution in [2.75, 3.05) is 0 Å². The van der Waals surface area contributed by atoms with Crippen molar-refractivity contribution in [3.8, 4) is 5.75 Å². The van der Waals surface area contributed by atoms with Gasteiger partial charge in [0.1, 0.15) is 11.3 Å². The smallest absolute Gasteiger partial charge is 0.379 e. The van der Waals surface area contributed by atoms with E-state index in [9.17, 15) is 4.79 Å². The molecule has 3 aromatic rings. The highest BCUT2D eigenvalue weighted by atomic mass is 79.9. The molecule has 100 valence electrons. The highest BCUT2D eigenvalue weighted by Gasteiger charge is 2.14. The van der Waals surface area contributed by atoms with Gasteiger partial charge in [-0.1, -0.05) is 33.6 Å². The zero-order chi connectivity index (χ0) is 14.1. The molecule has 0 N–H and O–H groups in total. The van der Waals surface area contributed by atoms with Gasteiger partial charge in [0, 0.05) is 9.86 Å². The highest BCUT2D eigenvalue weighted by molar-refractivity contribution is 9.10. The summed E-state index contributed by atoms with van der Waals surface area (Å²) in [4.78, 5) is 12.0. The second-order valence-electron chi connectivity index (χ2n) is 4.50. The van der Waals surface area contributed by atoms with Crippen LogP contribution in [0, 0.1) is 6.92 Å². The van der Waals surface area contributed by atoms with E-state index >= 15 is 0 Å². The van der Waals surface area contributed by atoms with Gasteiger partial charge in [-0.3, -0.25) is 0 Å². The number of benzene rings is 2. The molecule has 0 unspecified atom stereocenters. The van der Waals surface area contributed by atoms with Gasteiger partial charge < -0.3 is 9.15 Å². The van der Waals surface area contributed by atoms with Crippen LogP contribution in [-0.4, -0.2) is 5.97 Å². The molecule has 0 amide bonds. The van der Waals surface area contributed by atoms with Crippen LogP contribution in [0.5, 0.6) is 5.75 Å². The van der Waals surface area contributed by atoms with Gasteiger partial charge in [-0.05, 0) is 43.3 Å². The molecule has 0 saturated carbocycles. The zero-order valence-electron chi connectivity index (χ0n) is 10.7. The first-order valence-electron chi connectivity index (χ1n) is 6.10. The number of carbonyl (C=O) groups excluding carboxylic acids is 1. The molecule has 0 bridgehead atoms. The maximum atomic E-state index is 12.0. The predicted octanol–water partition coefficient (Wildman–Crippen LogP) is 4.72. The van der Waals surface area contributed by atoms with Gasteiger partial charge in [-0.15, -0.1) is 0 Å². The first-order valence-corrected chi connectivity index (χ1v) is 6.89. The van der Waals surface area contributed by atoms with Crippen LogP contribution in [0.3, 0.4) is 0 Å². The van der Waals surface area contributed by atoms with Crippen molar-refractivity contribution in [1.82, 2.24) is 0 Å². The van der Waals surface area contributed by atoms with E-state index in [0.29, 0.717) is 11.3 Å². The Kier molecular flexibility index (Phi) is 3.32. The lowest BCUT2D eigenvalue weighted by atomic mass is 10.2. The first kappa shape index (κ1) is 12.9. The normalized spacial score (nSPS) is 10.7. The van der Waals surface area contributed by atoms with Crippen molar-refractivity contribution in [1.29, 1.82) is 0 Å². The van der Waals surface area contributed by atoms with Gasteiger partial charge in [0.25, 0.3) is 0 Å². The summed E-state index contributed by atoms with van der Waals surface area (Å²) in [6.07, 6.45) is 0. The second kappa shape index (κ2) is 5.13. The van der Waals surface area contributed by atoms with E-state index in [1.54, 1.807) is 18.2 Å². The molecule has 4 heteroatoms. The summed E-state index contributed by atoms with van der Waals surface area (Å²) in [7, 11) is 0. The van der Waals surface area contributed by atoms with E-state index in [1.165, 1.54) is 0 Å². The molecule has 0 atom stereocenters. The van der Waals surface area contributed by atoms with Crippen molar-refractivity contribution in [3.63, 3.8) is 0 Å². The Morgan fingerprint density at radius 3 is 2.60 bits per heavy atom. The fourth-order valence-corrected chi connectivity index (χ4v) is 2.26. The minimum Gasteiger partial charge on any atom is -0.449 e. The van der Waals surface area contributed by atoms with E-state index in [-0.39, 0.29) is 5.76 Å². The summed E-state index contributed by atoms with van der Waals surface area (Å²) in [6.45, 7) is 1.97. The minimum atomic E-state index is -0.499. The average Bonchev–Trinajstić information content (AvgIpc) is 2.84. The lowest BCUT2D eigenvalue weighted by molar-refractivity contribution is 0.0704. The van der Waals surface area contributed by atoms with Gasteiger partial charge in [-0.25, -0.2) is 4.79 Å². The van der Waals surface area contributed by atoms with Crippen LogP contribution in [0.2, 0.25) is 0 Å². The standard InChI is InChI=1S/C16H11BrO3/c1-10-2-5-13(6-3-10)19-16(18)15-9-11-8-12(17)4-7-14(11)20-15/h2-9H,1H3. The van der Waals surface area contributed by atoms with Crippen LogP contribution in [0.1, 0.15) is 16.1 Å². The molecule has 3 rings (SSSR count). The average molecular weight is 331 g/mol. The predicted molar refractivity (Wildman–Crippen MR) is 80.1 cm³/mol. The molecule has 1 heterocycles. The SMILES string of the molecule is Cc1ccc(OC(=O)c2cc3cc(Br)ccc3o2)cc1.